The second kappa shape index (κ2) is 7.49. The third-order valence-electron chi connectivity index (χ3n) is 4.27. The standard InChI is InChI=1S/C17H23ClFN3O2/c1-3-6-17(2,20)16(24)22-9-7-21(8-10-22)15(23)13-5-4-12(18)11-14(13)19/h4-5,11H,3,6-10,20H2,1-2H3. The van der Waals surface area contributed by atoms with Crippen molar-refractivity contribution in [3.63, 3.8) is 0 Å². The molecule has 0 aromatic heterocycles. The second-order valence-corrected chi connectivity index (χ2v) is 6.81. The average Bonchev–Trinajstić information content (AvgIpc) is 2.53. The van der Waals surface area contributed by atoms with Crippen molar-refractivity contribution < 1.29 is 14.0 Å². The SMILES string of the molecule is CCCC(C)(N)C(=O)N1CCN(C(=O)c2ccc(Cl)cc2F)CC1. The summed E-state index contributed by atoms with van der Waals surface area (Å²) in [5, 5.41) is 0.248. The Morgan fingerprint density at radius 3 is 2.38 bits per heavy atom. The number of nitrogens with two attached hydrogens (primary N) is 1. The molecule has 0 radical (unpaired) electrons. The zero-order chi connectivity index (χ0) is 17.9. The molecular weight excluding hydrogens is 333 g/mol. The molecule has 0 saturated carbocycles. The number of hydrogen-bond donors (Lipinski definition) is 1. The Morgan fingerprint density at radius 1 is 1.25 bits per heavy atom. The summed E-state index contributed by atoms with van der Waals surface area (Å²) in [6.07, 6.45) is 1.44. The Balaban J connectivity index is 1.99. The van der Waals surface area contributed by atoms with Crippen molar-refractivity contribution in [3.05, 3.63) is 34.6 Å². The Kier molecular flexibility index (Phi) is 5.83. The molecule has 1 unspecified atom stereocenters. The van der Waals surface area contributed by atoms with E-state index in [4.69, 9.17) is 17.3 Å². The van der Waals surface area contributed by atoms with Crippen LogP contribution >= 0.6 is 11.6 Å². The Morgan fingerprint density at radius 2 is 1.83 bits per heavy atom. The number of benzene rings is 1. The number of halogens is 2. The predicted octanol–water partition coefficient (Wildman–Crippen LogP) is 2.28. The van der Waals surface area contributed by atoms with Gasteiger partial charge in [0, 0.05) is 31.2 Å². The molecule has 24 heavy (non-hydrogen) atoms. The number of hydrogen-bond acceptors (Lipinski definition) is 3. The highest BCUT2D eigenvalue weighted by atomic mass is 35.5. The van der Waals surface area contributed by atoms with E-state index in [2.05, 4.69) is 0 Å². The zero-order valence-electron chi connectivity index (χ0n) is 14.0. The van der Waals surface area contributed by atoms with Gasteiger partial charge in [-0.1, -0.05) is 24.9 Å². The fraction of sp³-hybridized carbons (Fsp3) is 0.529. The van der Waals surface area contributed by atoms with Crippen molar-refractivity contribution in [3.8, 4) is 0 Å². The van der Waals surface area contributed by atoms with Gasteiger partial charge in [0.25, 0.3) is 5.91 Å². The molecule has 0 bridgehead atoms. The van der Waals surface area contributed by atoms with Gasteiger partial charge in [-0.25, -0.2) is 4.39 Å². The minimum atomic E-state index is -0.886. The van der Waals surface area contributed by atoms with E-state index in [1.807, 2.05) is 6.92 Å². The summed E-state index contributed by atoms with van der Waals surface area (Å²) < 4.78 is 13.9. The van der Waals surface area contributed by atoms with Gasteiger partial charge in [-0.3, -0.25) is 9.59 Å². The number of carbonyl (C=O) groups excluding carboxylic acids is 2. The van der Waals surface area contributed by atoms with Gasteiger partial charge < -0.3 is 15.5 Å². The molecule has 1 saturated heterocycles. The second-order valence-electron chi connectivity index (χ2n) is 6.38. The topological polar surface area (TPSA) is 66.6 Å². The number of piperazine rings is 1. The van der Waals surface area contributed by atoms with E-state index in [1.54, 1.807) is 16.7 Å². The quantitative estimate of drug-likeness (QED) is 0.901. The summed E-state index contributed by atoms with van der Waals surface area (Å²) in [4.78, 5) is 28.1. The monoisotopic (exact) mass is 355 g/mol. The first-order chi connectivity index (χ1) is 11.3. The molecule has 1 aliphatic heterocycles. The van der Waals surface area contributed by atoms with E-state index in [0.29, 0.717) is 32.6 Å². The highest BCUT2D eigenvalue weighted by Gasteiger charge is 2.34. The number of nitrogens with zero attached hydrogens (tertiary/aromatic N) is 2. The summed E-state index contributed by atoms with van der Waals surface area (Å²) >= 11 is 5.71. The van der Waals surface area contributed by atoms with Crippen molar-refractivity contribution >= 4 is 23.4 Å². The first kappa shape index (κ1) is 18.7. The van der Waals surface area contributed by atoms with Crippen LogP contribution in [0.4, 0.5) is 4.39 Å². The molecule has 0 aliphatic carbocycles. The molecule has 1 atom stereocenters. The smallest absolute Gasteiger partial charge is 0.256 e. The van der Waals surface area contributed by atoms with Crippen LogP contribution in [0, 0.1) is 5.82 Å². The summed E-state index contributed by atoms with van der Waals surface area (Å²) in [7, 11) is 0. The van der Waals surface area contributed by atoms with Crippen LogP contribution in [0.2, 0.25) is 5.02 Å². The van der Waals surface area contributed by atoms with Crippen molar-refractivity contribution in [1.29, 1.82) is 0 Å². The van der Waals surface area contributed by atoms with Crippen LogP contribution in [0.3, 0.4) is 0 Å². The third kappa shape index (κ3) is 4.05. The largest absolute Gasteiger partial charge is 0.338 e. The molecule has 2 N–H and O–H groups in total. The van der Waals surface area contributed by atoms with Crippen LogP contribution in [-0.2, 0) is 4.79 Å². The summed E-state index contributed by atoms with van der Waals surface area (Å²) in [5.41, 5.74) is 5.20. The molecule has 2 rings (SSSR count). The van der Waals surface area contributed by atoms with Crippen LogP contribution in [0.25, 0.3) is 0 Å². The molecule has 0 spiro atoms. The number of rotatable bonds is 4. The van der Waals surface area contributed by atoms with Gasteiger partial charge in [0.1, 0.15) is 5.82 Å². The number of carbonyl (C=O) groups is 2. The Bertz CT molecular complexity index is 628. The van der Waals surface area contributed by atoms with E-state index < -0.39 is 11.4 Å². The minimum absolute atomic E-state index is 0.00572. The van der Waals surface area contributed by atoms with E-state index >= 15 is 0 Å². The third-order valence-corrected chi connectivity index (χ3v) is 4.51. The first-order valence-electron chi connectivity index (χ1n) is 8.09. The van der Waals surface area contributed by atoms with E-state index in [9.17, 15) is 14.0 Å². The number of amides is 2. The van der Waals surface area contributed by atoms with Gasteiger partial charge >= 0.3 is 0 Å². The molecule has 1 aromatic rings. The Hall–Kier alpha value is -1.66. The molecule has 1 fully saturated rings. The molecular formula is C17H23ClFN3O2. The van der Waals surface area contributed by atoms with Crippen molar-refractivity contribution in [2.75, 3.05) is 26.2 Å². The van der Waals surface area contributed by atoms with Crippen molar-refractivity contribution in [2.24, 2.45) is 5.73 Å². The van der Waals surface area contributed by atoms with Crippen molar-refractivity contribution in [1.82, 2.24) is 9.80 Å². The highest BCUT2D eigenvalue weighted by molar-refractivity contribution is 6.30. The van der Waals surface area contributed by atoms with Gasteiger partial charge in [-0.05, 0) is 31.5 Å². The fourth-order valence-electron chi connectivity index (χ4n) is 2.93. The summed E-state index contributed by atoms with van der Waals surface area (Å²) in [6.45, 7) is 5.23. The normalized spacial score (nSPS) is 17.5. The van der Waals surface area contributed by atoms with E-state index in [-0.39, 0.29) is 22.4 Å². The maximum absolute atomic E-state index is 13.9. The van der Waals surface area contributed by atoms with Crippen LogP contribution in [0.1, 0.15) is 37.0 Å². The zero-order valence-corrected chi connectivity index (χ0v) is 14.8. The summed E-state index contributed by atoms with van der Waals surface area (Å²) in [6, 6.07) is 4.00. The van der Waals surface area contributed by atoms with Crippen LogP contribution in [0.15, 0.2) is 18.2 Å². The predicted molar refractivity (Wildman–Crippen MR) is 91.4 cm³/mol. The van der Waals surface area contributed by atoms with Gasteiger partial charge in [0.05, 0.1) is 11.1 Å². The molecule has 7 heteroatoms. The molecule has 1 heterocycles. The lowest BCUT2D eigenvalue weighted by atomic mass is 9.95. The van der Waals surface area contributed by atoms with E-state index in [0.717, 1.165) is 12.5 Å². The fourth-order valence-corrected chi connectivity index (χ4v) is 3.09. The lowest BCUT2D eigenvalue weighted by molar-refractivity contribution is -0.138. The molecule has 1 aliphatic rings. The Labute approximate surface area is 146 Å². The van der Waals surface area contributed by atoms with Gasteiger partial charge in [-0.2, -0.15) is 0 Å². The summed E-state index contributed by atoms with van der Waals surface area (Å²) in [5.74, 6) is -1.13. The molecule has 2 amide bonds. The maximum Gasteiger partial charge on any atom is 0.256 e. The van der Waals surface area contributed by atoms with Gasteiger partial charge in [0.2, 0.25) is 5.91 Å². The molecule has 1 aromatic carbocycles. The first-order valence-corrected chi connectivity index (χ1v) is 8.46. The van der Waals surface area contributed by atoms with Crippen LogP contribution < -0.4 is 5.73 Å². The minimum Gasteiger partial charge on any atom is -0.338 e. The average molecular weight is 356 g/mol. The van der Waals surface area contributed by atoms with Crippen LogP contribution in [-0.4, -0.2) is 53.3 Å². The van der Waals surface area contributed by atoms with Gasteiger partial charge in [0.15, 0.2) is 0 Å². The van der Waals surface area contributed by atoms with Gasteiger partial charge in [-0.15, -0.1) is 0 Å². The van der Waals surface area contributed by atoms with E-state index in [1.165, 1.54) is 12.1 Å². The lowest BCUT2D eigenvalue weighted by Gasteiger charge is -2.38. The lowest BCUT2D eigenvalue weighted by Crippen LogP contribution is -2.58. The van der Waals surface area contributed by atoms with Crippen molar-refractivity contribution in [2.45, 2.75) is 32.2 Å². The maximum atomic E-state index is 13.9. The molecule has 5 nitrogen and oxygen atoms in total. The molecule has 132 valence electrons. The van der Waals surface area contributed by atoms with Crippen LogP contribution in [0.5, 0.6) is 0 Å². The highest BCUT2D eigenvalue weighted by Crippen LogP contribution is 2.19.